The minimum absolute atomic E-state index is 0.248. The molecule has 0 saturated carbocycles. The van der Waals surface area contributed by atoms with Crippen molar-refractivity contribution in [2.45, 2.75) is 25.9 Å². The minimum atomic E-state index is 0.248. The lowest BCUT2D eigenvalue weighted by Gasteiger charge is -2.19. The summed E-state index contributed by atoms with van der Waals surface area (Å²) < 4.78 is 5.41. The Morgan fingerprint density at radius 2 is 2.11 bits per heavy atom. The maximum Gasteiger partial charge on any atom is 0.123 e. The molecule has 1 atom stereocenters. The summed E-state index contributed by atoms with van der Waals surface area (Å²) in [5, 5.41) is 3.49. The van der Waals surface area contributed by atoms with Gasteiger partial charge in [-0.1, -0.05) is 25.1 Å². The molecule has 1 unspecified atom stereocenters. The van der Waals surface area contributed by atoms with Gasteiger partial charge in [0.2, 0.25) is 0 Å². The van der Waals surface area contributed by atoms with E-state index < -0.39 is 0 Å². The fraction of sp³-hybridized carbons (Fsp3) is 0.333. The maximum absolute atomic E-state index is 5.41. The van der Waals surface area contributed by atoms with Crippen molar-refractivity contribution >= 4 is 0 Å². The maximum atomic E-state index is 5.41. The zero-order chi connectivity index (χ0) is 13.5. The summed E-state index contributed by atoms with van der Waals surface area (Å²) >= 11 is 0. The van der Waals surface area contributed by atoms with Crippen LogP contribution in [0.2, 0.25) is 0 Å². The number of para-hydroxylation sites is 1. The first-order valence-corrected chi connectivity index (χ1v) is 6.46. The van der Waals surface area contributed by atoms with Crippen LogP contribution in [-0.4, -0.2) is 17.1 Å². The molecule has 0 bridgehead atoms. The summed E-state index contributed by atoms with van der Waals surface area (Å²) in [4.78, 5) is 8.33. The molecule has 4 heteroatoms. The smallest absolute Gasteiger partial charge is 0.123 e. The second-order valence-electron chi connectivity index (χ2n) is 4.28. The Morgan fingerprint density at radius 3 is 2.79 bits per heavy atom. The van der Waals surface area contributed by atoms with Crippen molar-refractivity contribution in [1.82, 2.24) is 15.3 Å². The van der Waals surface area contributed by atoms with E-state index in [-0.39, 0.29) is 6.04 Å². The second kappa shape index (κ2) is 6.85. The Hall–Kier alpha value is -1.94. The summed E-state index contributed by atoms with van der Waals surface area (Å²) in [6.07, 6.45) is 6.16. The summed E-state index contributed by atoms with van der Waals surface area (Å²) in [6.45, 7) is 2.85. The highest BCUT2D eigenvalue weighted by Crippen LogP contribution is 2.26. The van der Waals surface area contributed by atoms with Crippen molar-refractivity contribution in [1.29, 1.82) is 0 Å². The summed E-state index contributed by atoms with van der Waals surface area (Å²) in [6, 6.07) is 8.35. The van der Waals surface area contributed by atoms with Gasteiger partial charge in [0.1, 0.15) is 5.75 Å². The number of benzene rings is 1. The zero-order valence-electron chi connectivity index (χ0n) is 11.3. The van der Waals surface area contributed by atoms with Gasteiger partial charge >= 0.3 is 0 Å². The molecule has 19 heavy (non-hydrogen) atoms. The van der Waals surface area contributed by atoms with E-state index >= 15 is 0 Å². The first-order chi connectivity index (χ1) is 9.35. The third-order valence-corrected chi connectivity index (χ3v) is 3.07. The highest BCUT2D eigenvalue weighted by molar-refractivity contribution is 5.35. The van der Waals surface area contributed by atoms with E-state index in [2.05, 4.69) is 28.3 Å². The number of nitrogens with one attached hydrogen (secondary N) is 1. The van der Waals surface area contributed by atoms with Crippen molar-refractivity contribution in [2.24, 2.45) is 0 Å². The molecule has 0 spiro atoms. The van der Waals surface area contributed by atoms with E-state index in [4.69, 9.17) is 4.74 Å². The molecule has 0 fully saturated rings. The Balaban J connectivity index is 2.08. The van der Waals surface area contributed by atoms with Crippen LogP contribution in [0.1, 0.15) is 30.6 Å². The van der Waals surface area contributed by atoms with Crippen LogP contribution in [0.25, 0.3) is 0 Å². The Labute approximate surface area is 113 Å². The molecule has 0 aliphatic rings. The molecule has 1 N–H and O–H groups in total. The van der Waals surface area contributed by atoms with Gasteiger partial charge in [-0.15, -0.1) is 0 Å². The minimum Gasteiger partial charge on any atom is -0.496 e. The lowest BCUT2D eigenvalue weighted by atomic mass is 10.0. The van der Waals surface area contributed by atoms with Crippen LogP contribution < -0.4 is 10.1 Å². The fourth-order valence-corrected chi connectivity index (χ4v) is 2.08. The molecule has 100 valence electrons. The number of methoxy groups -OCH3 is 1. The van der Waals surface area contributed by atoms with E-state index in [1.54, 1.807) is 25.7 Å². The number of aromatic nitrogens is 2. The average molecular weight is 257 g/mol. The van der Waals surface area contributed by atoms with Gasteiger partial charge in [0.25, 0.3) is 0 Å². The zero-order valence-corrected chi connectivity index (χ0v) is 11.3. The molecular formula is C15H19N3O. The highest BCUT2D eigenvalue weighted by Gasteiger charge is 2.13. The Bertz CT molecular complexity index is 502. The molecule has 0 amide bonds. The molecule has 0 radical (unpaired) electrons. The first kappa shape index (κ1) is 13.5. The Morgan fingerprint density at radius 1 is 1.26 bits per heavy atom. The molecular weight excluding hydrogens is 238 g/mol. The monoisotopic (exact) mass is 257 g/mol. The molecule has 2 rings (SSSR count). The predicted octanol–water partition coefficient (Wildman–Crippen LogP) is 2.73. The largest absolute Gasteiger partial charge is 0.496 e. The molecule has 2 aromatic rings. The van der Waals surface area contributed by atoms with Gasteiger partial charge in [-0.2, -0.15) is 0 Å². The summed E-state index contributed by atoms with van der Waals surface area (Å²) in [7, 11) is 1.70. The van der Waals surface area contributed by atoms with E-state index in [0.717, 1.165) is 17.9 Å². The van der Waals surface area contributed by atoms with Gasteiger partial charge < -0.3 is 10.1 Å². The van der Waals surface area contributed by atoms with Crippen LogP contribution >= 0.6 is 0 Å². The normalized spacial score (nSPS) is 12.1. The summed E-state index contributed by atoms with van der Waals surface area (Å²) in [5.74, 6) is 0.918. The van der Waals surface area contributed by atoms with Crippen LogP contribution in [-0.2, 0) is 6.54 Å². The SMILES string of the molecule is CCC(NCc1cnccn1)c1ccccc1OC. The van der Waals surface area contributed by atoms with E-state index in [1.165, 1.54) is 5.56 Å². The molecule has 4 nitrogen and oxygen atoms in total. The molecule has 0 aliphatic carbocycles. The molecule has 0 aliphatic heterocycles. The van der Waals surface area contributed by atoms with Crippen LogP contribution in [0, 0.1) is 0 Å². The van der Waals surface area contributed by atoms with E-state index in [9.17, 15) is 0 Å². The van der Waals surface area contributed by atoms with Crippen molar-refractivity contribution in [3.8, 4) is 5.75 Å². The van der Waals surface area contributed by atoms with Crippen LogP contribution in [0.3, 0.4) is 0 Å². The number of nitrogens with zero attached hydrogens (tertiary/aromatic N) is 2. The van der Waals surface area contributed by atoms with Gasteiger partial charge in [0.15, 0.2) is 0 Å². The van der Waals surface area contributed by atoms with Gasteiger partial charge in [0, 0.05) is 36.7 Å². The first-order valence-electron chi connectivity index (χ1n) is 6.46. The van der Waals surface area contributed by atoms with Gasteiger partial charge in [-0.25, -0.2) is 0 Å². The Kier molecular flexibility index (Phi) is 4.86. The third kappa shape index (κ3) is 3.51. The number of rotatable bonds is 6. The van der Waals surface area contributed by atoms with Gasteiger partial charge in [0.05, 0.1) is 12.8 Å². The number of hydrogen-bond acceptors (Lipinski definition) is 4. The summed E-state index contributed by atoms with van der Waals surface area (Å²) in [5.41, 5.74) is 2.12. The van der Waals surface area contributed by atoms with Gasteiger partial charge in [-0.3, -0.25) is 9.97 Å². The lowest BCUT2D eigenvalue weighted by Crippen LogP contribution is -2.21. The van der Waals surface area contributed by atoms with Crippen molar-refractivity contribution in [3.63, 3.8) is 0 Å². The highest BCUT2D eigenvalue weighted by atomic mass is 16.5. The molecule has 1 aromatic carbocycles. The van der Waals surface area contributed by atoms with Crippen LogP contribution in [0.5, 0.6) is 5.75 Å². The van der Waals surface area contributed by atoms with E-state index in [1.807, 2.05) is 18.2 Å². The predicted molar refractivity (Wildman–Crippen MR) is 74.9 cm³/mol. The number of hydrogen-bond donors (Lipinski definition) is 1. The molecule has 1 heterocycles. The number of ether oxygens (including phenoxy) is 1. The third-order valence-electron chi connectivity index (χ3n) is 3.07. The standard InChI is InChI=1S/C15H19N3O/c1-3-14(13-6-4-5-7-15(13)19-2)18-11-12-10-16-8-9-17-12/h4-10,14,18H,3,11H2,1-2H3. The quantitative estimate of drug-likeness (QED) is 0.864. The second-order valence-corrected chi connectivity index (χ2v) is 4.28. The molecule has 1 aromatic heterocycles. The van der Waals surface area contributed by atoms with Crippen molar-refractivity contribution in [2.75, 3.05) is 7.11 Å². The molecule has 0 saturated heterocycles. The topological polar surface area (TPSA) is 47.0 Å². The van der Waals surface area contributed by atoms with Crippen LogP contribution in [0.4, 0.5) is 0 Å². The average Bonchev–Trinajstić information content (AvgIpc) is 2.49. The van der Waals surface area contributed by atoms with Crippen LogP contribution in [0.15, 0.2) is 42.9 Å². The fourth-order valence-electron chi connectivity index (χ4n) is 2.08. The van der Waals surface area contributed by atoms with Crippen molar-refractivity contribution < 1.29 is 4.74 Å². The lowest BCUT2D eigenvalue weighted by molar-refractivity contribution is 0.396. The van der Waals surface area contributed by atoms with Gasteiger partial charge in [-0.05, 0) is 12.5 Å². The van der Waals surface area contributed by atoms with E-state index in [0.29, 0.717) is 6.54 Å². The van der Waals surface area contributed by atoms with Crippen molar-refractivity contribution in [3.05, 3.63) is 54.1 Å².